The van der Waals surface area contributed by atoms with Crippen LogP contribution < -0.4 is 10.9 Å². The van der Waals surface area contributed by atoms with Gasteiger partial charge in [-0.15, -0.1) is 0 Å². The van der Waals surface area contributed by atoms with E-state index in [2.05, 4.69) is 10.3 Å². The van der Waals surface area contributed by atoms with Crippen LogP contribution in [0.4, 0.5) is 11.4 Å². The summed E-state index contributed by atoms with van der Waals surface area (Å²) in [4.78, 5) is 40.9. The lowest BCUT2D eigenvalue weighted by molar-refractivity contribution is -0.384. The van der Waals surface area contributed by atoms with Gasteiger partial charge in [-0.1, -0.05) is 53.2 Å². The first kappa shape index (κ1) is 23.7. The molecule has 0 atom stereocenters. The predicted molar refractivity (Wildman–Crippen MR) is 135 cm³/mol. The van der Waals surface area contributed by atoms with Crippen molar-refractivity contribution in [1.82, 2.24) is 9.55 Å². The maximum Gasteiger partial charge on any atom is 0.289 e. The van der Waals surface area contributed by atoms with Gasteiger partial charge in [0.2, 0.25) is 5.91 Å². The molecule has 34 heavy (non-hydrogen) atoms. The molecule has 0 fully saturated rings. The average Bonchev–Trinajstić information content (AvgIpc) is 2.81. The number of nitro groups is 1. The Morgan fingerprint density at radius 3 is 2.62 bits per heavy atom. The molecule has 172 valence electrons. The van der Waals surface area contributed by atoms with Crippen molar-refractivity contribution in [2.75, 3.05) is 11.1 Å². The highest BCUT2D eigenvalue weighted by atomic mass is 35.5. The van der Waals surface area contributed by atoms with Crippen LogP contribution in [0.5, 0.6) is 0 Å². The van der Waals surface area contributed by atoms with Crippen molar-refractivity contribution in [3.05, 3.63) is 96.7 Å². The van der Waals surface area contributed by atoms with Crippen molar-refractivity contribution in [3.63, 3.8) is 0 Å². The molecule has 0 aliphatic rings. The molecule has 0 aliphatic heterocycles. The molecule has 8 nitrogen and oxygen atoms in total. The number of aryl methyl sites for hydroxylation is 1. The van der Waals surface area contributed by atoms with Gasteiger partial charge in [0.1, 0.15) is 5.02 Å². The molecular formula is C23H16Cl2N4O4S. The Morgan fingerprint density at radius 2 is 1.88 bits per heavy atom. The van der Waals surface area contributed by atoms with Crippen LogP contribution in [0.3, 0.4) is 0 Å². The van der Waals surface area contributed by atoms with E-state index in [-0.39, 0.29) is 27.7 Å². The molecule has 1 heterocycles. The molecule has 3 aromatic carbocycles. The maximum absolute atomic E-state index is 13.3. The van der Waals surface area contributed by atoms with Gasteiger partial charge in [-0.3, -0.25) is 24.3 Å². The summed E-state index contributed by atoms with van der Waals surface area (Å²) >= 11 is 13.2. The third kappa shape index (κ3) is 4.91. The number of hydrogen-bond acceptors (Lipinski definition) is 6. The van der Waals surface area contributed by atoms with E-state index in [4.69, 9.17) is 23.2 Å². The van der Waals surface area contributed by atoms with E-state index < -0.39 is 10.8 Å². The highest BCUT2D eigenvalue weighted by Gasteiger charge is 2.17. The summed E-state index contributed by atoms with van der Waals surface area (Å²) in [7, 11) is 0. The molecule has 11 heteroatoms. The van der Waals surface area contributed by atoms with E-state index in [1.165, 1.54) is 22.8 Å². The number of fused-ring (bicyclic) bond motifs is 1. The fourth-order valence-corrected chi connectivity index (χ4v) is 4.39. The highest BCUT2D eigenvalue weighted by Crippen LogP contribution is 2.28. The molecule has 1 amide bonds. The van der Waals surface area contributed by atoms with Crippen molar-refractivity contribution < 1.29 is 9.72 Å². The lowest BCUT2D eigenvalue weighted by Gasteiger charge is -2.14. The lowest BCUT2D eigenvalue weighted by atomic mass is 10.2. The first-order valence-corrected chi connectivity index (χ1v) is 11.6. The number of aromatic nitrogens is 2. The normalized spacial score (nSPS) is 10.9. The van der Waals surface area contributed by atoms with Gasteiger partial charge in [-0.05, 0) is 48.9 Å². The Bertz CT molecular complexity index is 1510. The number of nitrogens with zero attached hydrogens (tertiary/aromatic N) is 3. The first-order valence-electron chi connectivity index (χ1n) is 9.89. The van der Waals surface area contributed by atoms with Crippen LogP contribution in [-0.2, 0) is 4.79 Å². The van der Waals surface area contributed by atoms with Crippen molar-refractivity contribution in [3.8, 4) is 5.69 Å². The van der Waals surface area contributed by atoms with Crippen LogP contribution in [0, 0.1) is 17.0 Å². The Morgan fingerprint density at radius 1 is 1.12 bits per heavy atom. The minimum Gasteiger partial charge on any atom is -0.325 e. The van der Waals surface area contributed by atoms with Crippen molar-refractivity contribution in [1.29, 1.82) is 0 Å². The quantitative estimate of drug-likeness (QED) is 0.154. The van der Waals surface area contributed by atoms with E-state index in [0.29, 0.717) is 26.8 Å². The minimum absolute atomic E-state index is 0.0292. The summed E-state index contributed by atoms with van der Waals surface area (Å²) in [6, 6.07) is 16.2. The summed E-state index contributed by atoms with van der Waals surface area (Å²) in [5.41, 5.74) is 1.51. The van der Waals surface area contributed by atoms with Gasteiger partial charge < -0.3 is 5.32 Å². The van der Waals surface area contributed by atoms with Crippen molar-refractivity contribution >= 4 is 63.1 Å². The molecular weight excluding hydrogens is 499 g/mol. The molecule has 0 bridgehead atoms. The number of carbonyl (C=O) groups is 1. The van der Waals surface area contributed by atoms with Crippen LogP contribution in [0.25, 0.3) is 16.6 Å². The molecule has 1 N–H and O–H groups in total. The number of thioether (sulfide) groups is 1. The summed E-state index contributed by atoms with van der Waals surface area (Å²) in [6.45, 7) is 1.86. The number of anilines is 1. The second kappa shape index (κ2) is 9.84. The minimum atomic E-state index is -0.628. The van der Waals surface area contributed by atoms with Crippen LogP contribution in [0.1, 0.15) is 5.56 Å². The number of hydrogen-bond donors (Lipinski definition) is 1. The number of amides is 1. The van der Waals surface area contributed by atoms with Gasteiger partial charge in [0, 0.05) is 16.8 Å². The zero-order valence-corrected chi connectivity index (χ0v) is 19.9. The first-order chi connectivity index (χ1) is 16.2. The molecule has 0 aliphatic carbocycles. The van der Waals surface area contributed by atoms with Crippen LogP contribution in [-0.4, -0.2) is 26.1 Å². The van der Waals surface area contributed by atoms with Gasteiger partial charge in [0.15, 0.2) is 5.16 Å². The van der Waals surface area contributed by atoms with Gasteiger partial charge in [-0.2, -0.15) is 0 Å². The smallest absolute Gasteiger partial charge is 0.289 e. The number of carbonyl (C=O) groups excluding carboxylic acids is 1. The van der Waals surface area contributed by atoms with Gasteiger partial charge >= 0.3 is 0 Å². The second-order valence-corrected chi connectivity index (χ2v) is 9.00. The van der Waals surface area contributed by atoms with E-state index in [1.54, 1.807) is 42.5 Å². The number of rotatable bonds is 6. The number of halogens is 2. The van der Waals surface area contributed by atoms with Gasteiger partial charge in [-0.25, -0.2) is 4.98 Å². The average molecular weight is 515 g/mol. The zero-order chi connectivity index (χ0) is 24.4. The molecule has 4 rings (SSSR count). The Kier molecular flexibility index (Phi) is 6.87. The Balaban J connectivity index is 1.65. The molecule has 0 unspecified atom stereocenters. The Labute approximate surface area is 207 Å². The summed E-state index contributed by atoms with van der Waals surface area (Å²) in [5, 5.41) is 14.9. The largest absolute Gasteiger partial charge is 0.325 e. The third-order valence-corrected chi connectivity index (χ3v) is 6.58. The monoisotopic (exact) mass is 514 g/mol. The molecule has 0 saturated heterocycles. The SMILES string of the molecule is Cc1ccc(-n2c(SCC(=O)Nc3ccc(Cl)c([N+](=O)[O-])c3)nc3ccccc3c2=O)cc1Cl. The van der Waals surface area contributed by atoms with Crippen LogP contribution in [0.2, 0.25) is 10.0 Å². The fourth-order valence-electron chi connectivity index (χ4n) is 3.22. The number of nitro benzene ring substituents is 1. The molecule has 4 aromatic rings. The summed E-state index contributed by atoms with van der Waals surface area (Å²) < 4.78 is 1.42. The van der Waals surface area contributed by atoms with Gasteiger partial charge in [0.25, 0.3) is 11.2 Å². The van der Waals surface area contributed by atoms with Crippen molar-refractivity contribution in [2.45, 2.75) is 12.1 Å². The van der Waals surface area contributed by atoms with Crippen molar-refractivity contribution in [2.24, 2.45) is 0 Å². The summed E-state index contributed by atoms with van der Waals surface area (Å²) in [6.07, 6.45) is 0. The molecule has 0 radical (unpaired) electrons. The number of benzene rings is 3. The standard InChI is InChI=1S/C23H16Cl2N4O4S/c1-13-6-8-15(11-18(13)25)28-22(31)16-4-2-3-5-19(16)27-23(28)34-12-21(30)26-14-7-9-17(24)20(10-14)29(32)33/h2-11H,12H2,1H3,(H,26,30). The van der Waals surface area contributed by atoms with E-state index in [1.807, 2.05) is 6.92 Å². The van der Waals surface area contributed by atoms with E-state index >= 15 is 0 Å². The van der Waals surface area contributed by atoms with E-state index in [9.17, 15) is 19.7 Å². The Hall–Kier alpha value is -3.40. The number of para-hydroxylation sites is 1. The topological polar surface area (TPSA) is 107 Å². The predicted octanol–water partition coefficient (Wildman–Crippen LogP) is 5.64. The zero-order valence-electron chi connectivity index (χ0n) is 17.6. The summed E-state index contributed by atoms with van der Waals surface area (Å²) in [5.74, 6) is -0.529. The highest BCUT2D eigenvalue weighted by molar-refractivity contribution is 7.99. The second-order valence-electron chi connectivity index (χ2n) is 7.25. The molecule has 0 spiro atoms. The van der Waals surface area contributed by atoms with Crippen LogP contribution >= 0.6 is 35.0 Å². The third-order valence-electron chi connectivity index (χ3n) is 4.92. The van der Waals surface area contributed by atoms with Gasteiger partial charge in [0.05, 0.1) is 27.3 Å². The lowest BCUT2D eigenvalue weighted by Crippen LogP contribution is -2.23. The van der Waals surface area contributed by atoms with Crippen LogP contribution in [0.15, 0.2) is 70.6 Å². The number of nitrogens with one attached hydrogen (secondary N) is 1. The molecule has 1 aromatic heterocycles. The maximum atomic E-state index is 13.3. The fraction of sp³-hybridized carbons (Fsp3) is 0.0870. The molecule has 0 saturated carbocycles. The van der Waals surface area contributed by atoms with E-state index in [0.717, 1.165) is 17.3 Å².